The lowest BCUT2D eigenvalue weighted by Crippen LogP contribution is -2.26. The number of benzene rings is 2. The van der Waals surface area contributed by atoms with E-state index < -0.39 is 17.0 Å². The topological polar surface area (TPSA) is 117 Å². The molecule has 0 amide bonds. The predicted octanol–water partition coefficient (Wildman–Crippen LogP) is 2.88. The fourth-order valence-corrected chi connectivity index (χ4v) is 1.95. The van der Waals surface area contributed by atoms with Gasteiger partial charge in [0.2, 0.25) is 0 Å². The number of carbonyl (C=O) groups excluding carboxylic acids is 1. The van der Waals surface area contributed by atoms with Crippen molar-refractivity contribution in [2.24, 2.45) is 10.9 Å². The second-order valence-electron chi connectivity index (χ2n) is 4.91. The van der Waals surface area contributed by atoms with Gasteiger partial charge in [0.05, 0.1) is 4.92 Å². The molecule has 0 aliphatic heterocycles. The van der Waals surface area contributed by atoms with Gasteiger partial charge in [-0.1, -0.05) is 22.8 Å². The average Bonchev–Trinajstić information content (AvgIpc) is 2.59. The SMILES string of the molecule is CC(Oc1cccc(Cl)c1)C(=O)O/N=C(\N)c1ccc([N+](=O)[O-])cc1. The summed E-state index contributed by atoms with van der Waals surface area (Å²) in [5, 5.41) is 14.6. The summed E-state index contributed by atoms with van der Waals surface area (Å²) in [4.78, 5) is 26.7. The van der Waals surface area contributed by atoms with Crippen LogP contribution in [0, 0.1) is 10.1 Å². The van der Waals surface area contributed by atoms with E-state index in [-0.39, 0.29) is 11.5 Å². The van der Waals surface area contributed by atoms with Crippen LogP contribution in [0.2, 0.25) is 5.02 Å². The van der Waals surface area contributed by atoms with Crippen molar-refractivity contribution < 1.29 is 19.3 Å². The number of ether oxygens (including phenoxy) is 1. The largest absolute Gasteiger partial charge is 0.479 e. The first-order valence-electron chi connectivity index (χ1n) is 7.08. The van der Waals surface area contributed by atoms with Crippen LogP contribution in [-0.2, 0) is 9.63 Å². The third-order valence-electron chi connectivity index (χ3n) is 3.05. The highest BCUT2D eigenvalue weighted by Crippen LogP contribution is 2.18. The van der Waals surface area contributed by atoms with Gasteiger partial charge in [0.25, 0.3) is 5.69 Å². The molecule has 1 atom stereocenters. The number of nitrogens with zero attached hydrogens (tertiary/aromatic N) is 2. The van der Waals surface area contributed by atoms with Crippen LogP contribution < -0.4 is 10.5 Å². The zero-order valence-electron chi connectivity index (χ0n) is 13.1. The molecule has 0 aromatic heterocycles. The Balaban J connectivity index is 1.97. The van der Waals surface area contributed by atoms with Crippen LogP contribution in [0.5, 0.6) is 5.75 Å². The van der Waals surface area contributed by atoms with Crippen molar-refractivity contribution in [3.05, 3.63) is 69.2 Å². The molecule has 2 N–H and O–H groups in total. The Kier molecular flexibility index (Phi) is 5.91. The van der Waals surface area contributed by atoms with Crippen molar-refractivity contribution >= 4 is 29.1 Å². The highest BCUT2D eigenvalue weighted by Gasteiger charge is 2.17. The minimum Gasteiger partial charge on any atom is -0.479 e. The number of hydrogen-bond acceptors (Lipinski definition) is 6. The molecule has 2 aromatic rings. The molecule has 25 heavy (non-hydrogen) atoms. The Hall–Kier alpha value is -3.13. The molecule has 9 heteroatoms. The van der Waals surface area contributed by atoms with E-state index in [4.69, 9.17) is 26.9 Å². The van der Waals surface area contributed by atoms with E-state index in [2.05, 4.69) is 5.16 Å². The van der Waals surface area contributed by atoms with Crippen LogP contribution in [0.1, 0.15) is 12.5 Å². The number of nitrogens with two attached hydrogens (primary N) is 1. The highest BCUT2D eigenvalue weighted by molar-refractivity contribution is 6.30. The monoisotopic (exact) mass is 363 g/mol. The molecule has 0 aliphatic rings. The highest BCUT2D eigenvalue weighted by atomic mass is 35.5. The minimum atomic E-state index is -0.938. The minimum absolute atomic E-state index is 0.0860. The smallest absolute Gasteiger partial charge is 0.374 e. The van der Waals surface area contributed by atoms with E-state index in [1.807, 2.05) is 0 Å². The van der Waals surface area contributed by atoms with E-state index in [0.717, 1.165) is 0 Å². The Morgan fingerprint density at radius 1 is 1.28 bits per heavy atom. The standard InChI is InChI=1S/C16H14ClN3O5/c1-10(24-14-4-2-3-12(17)9-14)16(21)25-19-15(18)11-5-7-13(8-6-11)20(22)23/h2-10H,1H3,(H2,18,19). The molecule has 1 unspecified atom stereocenters. The van der Waals surface area contributed by atoms with Crippen LogP contribution in [0.4, 0.5) is 5.69 Å². The lowest BCUT2D eigenvalue weighted by Gasteiger charge is -2.12. The zero-order chi connectivity index (χ0) is 18.4. The fourth-order valence-electron chi connectivity index (χ4n) is 1.77. The summed E-state index contributed by atoms with van der Waals surface area (Å²) in [6.07, 6.45) is -0.938. The first-order chi connectivity index (χ1) is 11.9. The van der Waals surface area contributed by atoms with Crippen molar-refractivity contribution in [2.45, 2.75) is 13.0 Å². The molecule has 0 heterocycles. The number of oxime groups is 1. The van der Waals surface area contributed by atoms with Gasteiger partial charge >= 0.3 is 5.97 Å². The number of nitro benzene ring substituents is 1. The summed E-state index contributed by atoms with van der Waals surface area (Å²) in [6, 6.07) is 11.9. The number of non-ortho nitro benzene ring substituents is 1. The molecule has 0 fully saturated rings. The quantitative estimate of drug-likeness (QED) is 0.277. The van der Waals surface area contributed by atoms with Crippen LogP contribution in [0.25, 0.3) is 0 Å². The molecule has 130 valence electrons. The molecule has 8 nitrogen and oxygen atoms in total. The summed E-state index contributed by atoms with van der Waals surface area (Å²) < 4.78 is 5.39. The molecular weight excluding hydrogens is 350 g/mol. The van der Waals surface area contributed by atoms with Crippen molar-refractivity contribution in [2.75, 3.05) is 0 Å². The Labute approximate surface area is 147 Å². The summed E-state index contributed by atoms with van der Waals surface area (Å²) in [5.74, 6) is -0.452. The number of amidine groups is 1. The van der Waals surface area contributed by atoms with Crippen LogP contribution >= 0.6 is 11.6 Å². The molecule has 2 rings (SSSR count). The average molecular weight is 364 g/mol. The number of carbonyl (C=O) groups is 1. The van der Waals surface area contributed by atoms with Gasteiger partial charge in [-0.25, -0.2) is 4.79 Å². The third-order valence-corrected chi connectivity index (χ3v) is 3.28. The molecular formula is C16H14ClN3O5. The molecule has 2 aromatic carbocycles. The number of rotatable bonds is 6. The van der Waals surface area contributed by atoms with Crippen LogP contribution in [0.15, 0.2) is 53.7 Å². The number of hydrogen-bond donors (Lipinski definition) is 1. The van der Waals surface area contributed by atoms with Crippen LogP contribution in [-0.4, -0.2) is 22.8 Å². The molecule has 0 saturated heterocycles. The predicted molar refractivity (Wildman–Crippen MR) is 91.5 cm³/mol. The molecule has 0 saturated carbocycles. The van der Waals surface area contributed by atoms with Crippen molar-refractivity contribution in [3.8, 4) is 5.75 Å². The third kappa shape index (κ3) is 5.18. The first-order valence-corrected chi connectivity index (χ1v) is 7.46. The second kappa shape index (κ2) is 8.11. The molecule has 0 bridgehead atoms. The lowest BCUT2D eigenvalue weighted by atomic mass is 10.2. The van der Waals surface area contributed by atoms with E-state index in [0.29, 0.717) is 16.3 Å². The molecule has 0 spiro atoms. The normalized spacial score (nSPS) is 12.3. The summed E-state index contributed by atoms with van der Waals surface area (Å²) in [5.41, 5.74) is 5.98. The summed E-state index contributed by atoms with van der Waals surface area (Å²) in [7, 11) is 0. The van der Waals surface area contributed by atoms with Crippen molar-refractivity contribution in [1.82, 2.24) is 0 Å². The Morgan fingerprint density at radius 3 is 2.56 bits per heavy atom. The van der Waals surface area contributed by atoms with Crippen LogP contribution in [0.3, 0.4) is 0 Å². The maximum atomic E-state index is 11.9. The zero-order valence-corrected chi connectivity index (χ0v) is 13.8. The van der Waals surface area contributed by atoms with E-state index in [1.54, 1.807) is 24.3 Å². The Bertz CT molecular complexity index is 808. The van der Waals surface area contributed by atoms with Gasteiger partial charge in [-0.2, -0.15) is 0 Å². The van der Waals surface area contributed by atoms with Gasteiger partial charge in [-0.15, -0.1) is 0 Å². The van der Waals surface area contributed by atoms with Gasteiger partial charge in [0.1, 0.15) is 5.75 Å². The molecule has 0 radical (unpaired) electrons. The van der Waals surface area contributed by atoms with E-state index >= 15 is 0 Å². The van der Waals surface area contributed by atoms with Gasteiger partial charge in [-0.3, -0.25) is 10.1 Å². The first kappa shape index (κ1) is 18.2. The van der Waals surface area contributed by atoms with Crippen molar-refractivity contribution in [1.29, 1.82) is 0 Å². The van der Waals surface area contributed by atoms with Gasteiger partial charge in [0, 0.05) is 22.7 Å². The van der Waals surface area contributed by atoms with Crippen molar-refractivity contribution in [3.63, 3.8) is 0 Å². The van der Waals surface area contributed by atoms with Gasteiger partial charge in [0.15, 0.2) is 11.9 Å². The number of halogens is 1. The second-order valence-corrected chi connectivity index (χ2v) is 5.34. The fraction of sp³-hybridized carbons (Fsp3) is 0.125. The summed E-state index contributed by atoms with van der Waals surface area (Å²) in [6.45, 7) is 1.49. The van der Waals surface area contributed by atoms with Gasteiger partial charge < -0.3 is 15.3 Å². The lowest BCUT2D eigenvalue weighted by molar-refractivity contribution is -0.384. The summed E-state index contributed by atoms with van der Waals surface area (Å²) >= 11 is 5.83. The van der Waals surface area contributed by atoms with Gasteiger partial charge in [-0.05, 0) is 37.3 Å². The maximum Gasteiger partial charge on any atom is 0.374 e. The Morgan fingerprint density at radius 2 is 1.96 bits per heavy atom. The molecule has 0 aliphatic carbocycles. The van der Waals surface area contributed by atoms with E-state index in [1.165, 1.54) is 31.2 Å². The maximum absolute atomic E-state index is 11.9. The van der Waals surface area contributed by atoms with E-state index in [9.17, 15) is 14.9 Å². The number of nitro groups is 1.